The molecule has 17 heavy (non-hydrogen) atoms. The summed E-state index contributed by atoms with van der Waals surface area (Å²) < 4.78 is 0. The second kappa shape index (κ2) is 5.64. The normalized spacial score (nSPS) is 10.2. The summed E-state index contributed by atoms with van der Waals surface area (Å²) in [7, 11) is 0. The molecule has 0 bridgehead atoms. The highest BCUT2D eigenvalue weighted by atomic mass is 32.1. The topological polar surface area (TPSA) is 29.1 Å². The molecular formula is C14H15NOS. The van der Waals surface area contributed by atoms with Gasteiger partial charge >= 0.3 is 0 Å². The van der Waals surface area contributed by atoms with E-state index in [1.807, 2.05) is 31.2 Å². The fourth-order valence-electron chi connectivity index (χ4n) is 1.63. The van der Waals surface area contributed by atoms with Gasteiger partial charge in [-0.05, 0) is 46.5 Å². The van der Waals surface area contributed by atoms with Gasteiger partial charge in [-0.15, -0.1) is 0 Å². The van der Waals surface area contributed by atoms with E-state index in [1.54, 1.807) is 11.3 Å². The van der Waals surface area contributed by atoms with Crippen LogP contribution in [-0.4, -0.2) is 5.91 Å². The summed E-state index contributed by atoms with van der Waals surface area (Å²) in [4.78, 5) is 11.4. The predicted molar refractivity (Wildman–Crippen MR) is 73.3 cm³/mol. The Balaban J connectivity index is 2.06. The third kappa shape index (κ3) is 3.17. The largest absolute Gasteiger partial charge is 0.326 e. The van der Waals surface area contributed by atoms with Gasteiger partial charge in [0, 0.05) is 12.1 Å². The monoisotopic (exact) mass is 245 g/mol. The minimum Gasteiger partial charge on any atom is -0.326 e. The molecule has 0 unspecified atom stereocenters. The van der Waals surface area contributed by atoms with E-state index in [0.29, 0.717) is 6.42 Å². The lowest BCUT2D eigenvalue weighted by molar-refractivity contribution is -0.116. The van der Waals surface area contributed by atoms with Crippen molar-refractivity contribution in [2.24, 2.45) is 0 Å². The van der Waals surface area contributed by atoms with Gasteiger partial charge in [-0.1, -0.05) is 19.1 Å². The van der Waals surface area contributed by atoms with Crippen LogP contribution in [0.15, 0.2) is 41.1 Å². The summed E-state index contributed by atoms with van der Waals surface area (Å²) in [5, 5.41) is 7.06. The molecule has 3 heteroatoms. The van der Waals surface area contributed by atoms with Gasteiger partial charge in [-0.2, -0.15) is 11.3 Å². The van der Waals surface area contributed by atoms with Crippen LogP contribution in [0.2, 0.25) is 0 Å². The Morgan fingerprint density at radius 2 is 1.94 bits per heavy atom. The minimum atomic E-state index is 0.0794. The average Bonchev–Trinajstić information content (AvgIpc) is 2.84. The zero-order valence-electron chi connectivity index (χ0n) is 9.77. The van der Waals surface area contributed by atoms with Crippen molar-refractivity contribution in [2.45, 2.75) is 19.8 Å². The number of carbonyl (C=O) groups is 1. The molecule has 0 saturated heterocycles. The van der Waals surface area contributed by atoms with Crippen LogP contribution < -0.4 is 5.32 Å². The molecule has 2 rings (SSSR count). The van der Waals surface area contributed by atoms with Crippen molar-refractivity contribution < 1.29 is 4.79 Å². The van der Waals surface area contributed by atoms with Crippen molar-refractivity contribution in [1.82, 2.24) is 0 Å². The highest BCUT2D eigenvalue weighted by molar-refractivity contribution is 7.08. The minimum absolute atomic E-state index is 0.0794. The van der Waals surface area contributed by atoms with Gasteiger partial charge in [0.2, 0.25) is 5.91 Å². The average molecular weight is 245 g/mol. The van der Waals surface area contributed by atoms with Gasteiger partial charge in [0.1, 0.15) is 0 Å². The fourth-order valence-corrected chi connectivity index (χ4v) is 2.29. The Morgan fingerprint density at radius 3 is 2.53 bits per heavy atom. The molecule has 2 nitrogen and oxygen atoms in total. The maximum atomic E-state index is 11.4. The highest BCUT2D eigenvalue weighted by Crippen LogP contribution is 2.23. The summed E-state index contributed by atoms with van der Waals surface area (Å²) in [6, 6.07) is 10.0. The molecule has 1 amide bonds. The van der Waals surface area contributed by atoms with Crippen LogP contribution in [0.3, 0.4) is 0 Å². The van der Waals surface area contributed by atoms with E-state index < -0.39 is 0 Å². The first-order chi connectivity index (χ1) is 8.29. The zero-order chi connectivity index (χ0) is 12.1. The summed E-state index contributed by atoms with van der Waals surface area (Å²) in [5.41, 5.74) is 3.27. The van der Waals surface area contributed by atoms with E-state index in [2.05, 4.69) is 22.1 Å². The zero-order valence-corrected chi connectivity index (χ0v) is 10.6. The van der Waals surface area contributed by atoms with Crippen molar-refractivity contribution in [2.75, 3.05) is 5.32 Å². The van der Waals surface area contributed by atoms with Crippen LogP contribution in [0, 0.1) is 0 Å². The Labute approximate surface area is 105 Å². The van der Waals surface area contributed by atoms with E-state index in [9.17, 15) is 4.79 Å². The smallest absolute Gasteiger partial charge is 0.224 e. The molecule has 0 atom stereocenters. The number of anilines is 1. The van der Waals surface area contributed by atoms with Gasteiger partial charge in [0.15, 0.2) is 0 Å². The third-order valence-electron chi connectivity index (χ3n) is 2.50. The second-order valence-corrected chi connectivity index (χ2v) is 4.67. The molecule has 1 aromatic carbocycles. The molecule has 0 aliphatic heterocycles. The summed E-state index contributed by atoms with van der Waals surface area (Å²) in [6.07, 6.45) is 1.45. The molecule has 0 spiro atoms. The van der Waals surface area contributed by atoms with Crippen LogP contribution in [0.4, 0.5) is 5.69 Å². The van der Waals surface area contributed by atoms with Crippen molar-refractivity contribution in [3.63, 3.8) is 0 Å². The third-order valence-corrected chi connectivity index (χ3v) is 3.18. The van der Waals surface area contributed by atoms with Crippen molar-refractivity contribution in [3.8, 4) is 11.1 Å². The van der Waals surface area contributed by atoms with E-state index in [0.717, 1.165) is 12.1 Å². The lowest BCUT2D eigenvalue weighted by atomic mass is 10.1. The van der Waals surface area contributed by atoms with E-state index in [1.165, 1.54) is 11.1 Å². The second-order valence-electron chi connectivity index (χ2n) is 3.89. The molecular weight excluding hydrogens is 230 g/mol. The van der Waals surface area contributed by atoms with E-state index in [-0.39, 0.29) is 5.91 Å². The maximum Gasteiger partial charge on any atom is 0.224 e. The molecule has 0 radical (unpaired) electrons. The first-order valence-corrected chi connectivity index (χ1v) is 6.66. The molecule has 1 N–H and O–H groups in total. The van der Waals surface area contributed by atoms with Gasteiger partial charge < -0.3 is 5.32 Å². The summed E-state index contributed by atoms with van der Waals surface area (Å²) in [6.45, 7) is 2.00. The van der Waals surface area contributed by atoms with Gasteiger partial charge in [0.05, 0.1) is 0 Å². The standard InChI is InChI=1S/C14H15NOS/c1-2-3-14(16)15-13-6-4-11(5-7-13)12-8-9-17-10-12/h4-10H,2-3H2,1H3,(H,15,16). The lowest BCUT2D eigenvalue weighted by Crippen LogP contribution is -2.10. The first kappa shape index (κ1) is 11.9. The first-order valence-electron chi connectivity index (χ1n) is 5.72. The molecule has 0 aliphatic carbocycles. The highest BCUT2D eigenvalue weighted by Gasteiger charge is 2.01. The number of benzene rings is 1. The fraction of sp³-hybridized carbons (Fsp3) is 0.214. The predicted octanol–water partition coefficient (Wildman–Crippen LogP) is 4.15. The number of hydrogen-bond donors (Lipinski definition) is 1. The number of rotatable bonds is 4. The SMILES string of the molecule is CCCC(=O)Nc1ccc(-c2ccsc2)cc1. The molecule has 1 aromatic heterocycles. The summed E-state index contributed by atoms with van der Waals surface area (Å²) in [5.74, 6) is 0.0794. The molecule has 2 aromatic rings. The number of thiophene rings is 1. The van der Waals surface area contributed by atoms with Gasteiger partial charge in [0.25, 0.3) is 0 Å². The Hall–Kier alpha value is -1.61. The summed E-state index contributed by atoms with van der Waals surface area (Å²) >= 11 is 1.69. The van der Waals surface area contributed by atoms with E-state index >= 15 is 0 Å². The molecule has 88 valence electrons. The van der Waals surface area contributed by atoms with Crippen LogP contribution >= 0.6 is 11.3 Å². The molecule has 0 saturated carbocycles. The van der Waals surface area contributed by atoms with E-state index in [4.69, 9.17) is 0 Å². The number of carbonyl (C=O) groups excluding carboxylic acids is 1. The number of amides is 1. The maximum absolute atomic E-state index is 11.4. The van der Waals surface area contributed by atoms with Crippen molar-refractivity contribution >= 4 is 22.9 Å². The molecule has 0 aliphatic rings. The van der Waals surface area contributed by atoms with Gasteiger partial charge in [-0.3, -0.25) is 4.79 Å². The van der Waals surface area contributed by atoms with Crippen LogP contribution in [0.5, 0.6) is 0 Å². The van der Waals surface area contributed by atoms with Crippen LogP contribution in [0.25, 0.3) is 11.1 Å². The Bertz CT molecular complexity index is 473. The Morgan fingerprint density at radius 1 is 1.18 bits per heavy atom. The van der Waals surface area contributed by atoms with Crippen LogP contribution in [-0.2, 0) is 4.79 Å². The van der Waals surface area contributed by atoms with Crippen molar-refractivity contribution in [3.05, 3.63) is 41.1 Å². The molecule has 1 heterocycles. The number of hydrogen-bond acceptors (Lipinski definition) is 2. The number of nitrogens with one attached hydrogen (secondary N) is 1. The quantitative estimate of drug-likeness (QED) is 0.861. The van der Waals surface area contributed by atoms with Crippen molar-refractivity contribution in [1.29, 1.82) is 0 Å². The van der Waals surface area contributed by atoms with Crippen LogP contribution in [0.1, 0.15) is 19.8 Å². The Kier molecular flexibility index (Phi) is 3.94. The lowest BCUT2D eigenvalue weighted by Gasteiger charge is -2.05. The molecule has 0 fully saturated rings. The van der Waals surface area contributed by atoms with Gasteiger partial charge in [-0.25, -0.2) is 0 Å².